The number of hydrogen-bond donors (Lipinski definition) is 1. The van der Waals surface area contributed by atoms with Crippen LogP contribution in [0.25, 0.3) is 0 Å². The van der Waals surface area contributed by atoms with E-state index in [1.165, 1.54) is 25.7 Å². The molecule has 0 heterocycles. The minimum atomic E-state index is 0.332. The summed E-state index contributed by atoms with van der Waals surface area (Å²) in [5.41, 5.74) is 1.16. The Balaban J connectivity index is 2.25. The first kappa shape index (κ1) is 15.2. The van der Waals surface area contributed by atoms with E-state index in [0.29, 0.717) is 12.0 Å². The zero-order valence-electron chi connectivity index (χ0n) is 11.8. The van der Waals surface area contributed by atoms with Gasteiger partial charge in [-0.05, 0) is 55.0 Å². The molecular weight excluding hydrogens is 277 g/mol. The Labute approximate surface area is 126 Å². The van der Waals surface area contributed by atoms with Crippen molar-refractivity contribution in [1.29, 1.82) is 0 Å². The van der Waals surface area contributed by atoms with Crippen molar-refractivity contribution in [2.24, 2.45) is 11.8 Å². The molecular formula is C16H23Cl2N. The Morgan fingerprint density at radius 1 is 1.32 bits per heavy atom. The van der Waals surface area contributed by atoms with Crippen molar-refractivity contribution in [2.75, 3.05) is 6.54 Å². The van der Waals surface area contributed by atoms with Gasteiger partial charge in [-0.3, -0.25) is 0 Å². The first-order valence-electron chi connectivity index (χ1n) is 7.30. The first-order valence-corrected chi connectivity index (χ1v) is 8.05. The van der Waals surface area contributed by atoms with Crippen LogP contribution < -0.4 is 5.32 Å². The standard InChI is InChI=1S/C16H23Cl2N/c1-3-19-16(12-6-4-5-11(2)9-12)14-10-13(17)7-8-15(14)18/h7-8,10-12,16,19H,3-6,9H2,1-2H3. The molecule has 1 aliphatic carbocycles. The molecule has 2 rings (SSSR count). The van der Waals surface area contributed by atoms with Gasteiger partial charge >= 0.3 is 0 Å². The largest absolute Gasteiger partial charge is 0.310 e. The fourth-order valence-corrected chi connectivity index (χ4v) is 3.70. The predicted molar refractivity (Wildman–Crippen MR) is 84.0 cm³/mol. The van der Waals surface area contributed by atoms with Crippen molar-refractivity contribution in [2.45, 2.75) is 45.6 Å². The maximum Gasteiger partial charge on any atom is 0.0454 e. The minimum Gasteiger partial charge on any atom is -0.310 e. The quantitative estimate of drug-likeness (QED) is 0.777. The summed E-state index contributed by atoms with van der Waals surface area (Å²) >= 11 is 12.5. The summed E-state index contributed by atoms with van der Waals surface area (Å²) in [5, 5.41) is 5.21. The molecule has 1 aromatic carbocycles. The van der Waals surface area contributed by atoms with E-state index < -0.39 is 0 Å². The van der Waals surface area contributed by atoms with Crippen LogP contribution in [-0.4, -0.2) is 6.54 Å². The van der Waals surface area contributed by atoms with E-state index in [1.807, 2.05) is 18.2 Å². The van der Waals surface area contributed by atoms with Gasteiger partial charge in [-0.25, -0.2) is 0 Å². The molecule has 0 saturated heterocycles. The minimum absolute atomic E-state index is 0.332. The maximum absolute atomic E-state index is 6.38. The van der Waals surface area contributed by atoms with E-state index in [0.717, 1.165) is 28.1 Å². The van der Waals surface area contributed by atoms with E-state index in [4.69, 9.17) is 23.2 Å². The second-order valence-electron chi connectivity index (χ2n) is 5.73. The summed E-state index contributed by atoms with van der Waals surface area (Å²) in [6.45, 7) is 5.46. The van der Waals surface area contributed by atoms with Crippen molar-refractivity contribution >= 4 is 23.2 Å². The van der Waals surface area contributed by atoms with Crippen molar-refractivity contribution in [1.82, 2.24) is 5.32 Å². The molecule has 1 fully saturated rings. The average molecular weight is 300 g/mol. The monoisotopic (exact) mass is 299 g/mol. The van der Waals surface area contributed by atoms with E-state index in [2.05, 4.69) is 19.2 Å². The number of hydrogen-bond acceptors (Lipinski definition) is 1. The summed E-state index contributed by atoms with van der Waals surface area (Å²) in [5.74, 6) is 1.48. The SMILES string of the molecule is CCNC(c1cc(Cl)ccc1Cl)C1CCCC(C)C1. The molecule has 0 bridgehead atoms. The highest BCUT2D eigenvalue weighted by molar-refractivity contribution is 6.33. The van der Waals surface area contributed by atoms with Crippen LogP contribution in [0.4, 0.5) is 0 Å². The molecule has 0 radical (unpaired) electrons. The average Bonchev–Trinajstić information content (AvgIpc) is 2.39. The molecule has 1 saturated carbocycles. The molecule has 0 aliphatic heterocycles. The van der Waals surface area contributed by atoms with Gasteiger partial charge in [0.25, 0.3) is 0 Å². The molecule has 3 unspecified atom stereocenters. The van der Waals surface area contributed by atoms with Crippen LogP contribution in [0.15, 0.2) is 18.2 Å². The van der Waals surface area contributed by atoms with Crippen LogP contribution >= 0.6 is 23.2 Å². The Morgan fingerprint density at radius 3 is 2.79 bits per heavy atom. The number of rotatable bonds is 4. The van der Waals surface area contributed by atoms with Crippen LogP contribution in [0.5, 0.6) is 0 Å². The molecule has 0 aromatic heterocycles. The number of halogens is 2. The van der Waals surface area contributed by atoms with Crippen molar-refractivity contribution in [3.63, 3.8) is 0 Å². The molecule has 3 atom stereocenters. The van der Waals surface area contributed by atoms with Gasteiger partial charge < -0.3 is 5.32 Å². The highest BCUT2D eigenvalue weighted by atomic mass is 35.5. The van der Waals surface area contributed by atoms with E-state index in [9.17, 15) is 0 Å². The van der Waals surface area contributed by atoms with Crippen molar-refractivity contribution < 1.29 is 0 Å². The molecule has 106 valence electrons. The first-order chi connectivity index (χ1) is 9.11. The summed E-state index contributed by atoms with van der Waals surface area (Å²) in [4.78, 5) is 0. The van der Waals surface area contributed by atoms with Gasteiger partial charge in [0.2, 0.25) is 0 Å². The molecule has 1 nitrogen and oxygen atoms in total. The van der Waals surface area contributed by atoms with Gasteiger partial charge in [0.05, 0.1) is 0 Å². The lowest BCUT2D eigenvalue weighted by Gasteiger charge is -2.34. The Morgan fingerprint density at radius 2 is 2.11 bits per heavy atom. The molecule has 0 spiro atoms. The van der Waals surface area contributed by atoms with E-state index in [1.54, 1.807) is 0 Å². The third-order valence-corrected chi connectivity index (χ3v) is 4.74. The van der Waals surface area contributed by atoms with Crippen LogP contribution in [0, 0.1) is 11.8 Å². The lowest BCUT2D eigenvalue weighted by atomic mass is 9.76. The van der Waals surface area contributed by atoms with Crippen LogP contribution in [0.2, 0.25) is 10.0 Å². The van der Waals surface area contributed by atoms with E-state index >= 15 is 0 Å². The van der Waals surface area contributed by atoms with Crippen LogP contribution in [0.3, 0.4) is 0 Å². The van der Waals surface area contributed by atoms with Gasteiger partial charge in [0.1, 0.15) is 0 Å². The highest BCUT2D eigenvalue weighted by Gasteiger charge is 2.28. The zero-order valence-corrected chi connectivity index (χ0v) is 13.3. The molecule has 3 heteroatoms. The maximum atomic E-state index is 6.38. The number of nitrogens with one attached hydrogen (secondary N) is 1. The van der Waals surface area contributed by atoms with E-state index in [-0.39, 0.29) is 0 Å². The van der Waals surface area contributed by atoms with Gasteiger partial charge in [-0.15, -0.1) is 0 Å². The molecule has 1 aliphatic rings. The highest BCUT2D eigenvalue weighted by Crippen LogP contribution is 2.39. The third kappa shape index (κ3) is 3.87. The third-order valence-electron chi connectivity index (χ3n) is 4.17. The van der Waals surface area contributed by atoms with Gasteiger partial charge in [-0.2, -0.15) is 0 Å². The Bertz CT molecular complexity index is 419. The topological polar surface area (TPSA) is 12.0 Å². The predicted octanol–water partition coefficient (Wildman–Crippen LogP) is 5.47. The molecule has 0 amide bonds. The van der Waals surface area contributed by atoms with Gasteiger partial charge in [0.15, 0.2) is 0 Å². The number of benzene rings is 1. The summed E-state index contributed by atoms with van der Waals surface area (Å²) in [7, 11) is 0. The fraction of sp³-hybridized carbons (Fsp3) is 0.625. The van der Waals surface area contributed by atoms with Crippen molar-refractivity contribution in [3.8, 4) is 0 Å². The second-order valence-corrected chi connectivity index (χ2v) is 6.58. The smallest absolute Gasteiger partial charge is 0.0454 e. The Kier molecular flexibility index (Phi) is 5.56. The molecule has 19 heavy (non-hydrogen) atoms. The summed E-state index contributed by atoms with van der Waals surface area (Å²) < 4.78 is 0. The van der Waals surface area contributed by atoms with Gasteiger partial charge in [-0.1, -0.05) is 49.9 Å². The fourth-order valence-electron chi connectivity index (χ4n) is 3.29. The molecule has 1 aromatic rings. The Hall–Kier alpha value is -0.240. The van der Waals surface area contributed by atoms with Crippen LogP contribution in [0.1, 0.15) is 51.1 Å². The van der Waals surface area contributed by atoms with Gasteiger partial charge in [0, 0.05) is 16.1 Å². The normalized spacial score (nSPS) is 25.3. The molecule has 1 N–H and O–H groups in total. The van der Waals surface area contributed by atoms with Crippen molar-refractivity contribution in [3.05, 3.63) is 33.8 Å². The lowest BCUT2D eigenvalue weighted by molar-refractivity contribution is 0.225. The second kappa shape index (κ2) is 6.97. The summed E-state index contributed by atoms with van der Waals surface area (Å²) in [6, 6.07) is 6.13. The lowest BCUT2D eigenvalue weighted by Crippen LogP contribution is -2.31. The zero-order chi connectivity index (χ0) is 13.8. The van der Waals surface area contributed by atoms with Crippen LogP contribution in [-0.2, 0) is 0 Å². The summed E-state index contributed by atoms with van der Waals surface area (Å²) in [6.07, 6.45) is 5.25.